The first kappa shape index (κ1) is 20.7. The van der Waals surface area contributed by atoms with Gasteiger partial charge in [0.05, 0.1) is 12.3 Å². The third-order valence-electron chi connectivity index (χ3n) is 4.40. The Balaban J connectivity index is 1.34. The molecule has 150 valence electrons. The van der Waals surface area contributed by atoms with Crippen molar-refractivity contribution < 1.29 is 14.1 Å². The predicted octanol–water partition coefficient (Wildman–Crippen LogP) is 2.65. The van der Waals surface area contributed by atoms with Crippen molar-refractivity contribution in [1.82, 2.24) is 15.0 Å². The highest BCUT2D eigenvalue weighted by Crippen LogP contribution is 2.16. The first-order valence-electron chi connectivity index (χ1n) is 9.05. The van der Waals surface area contributed by atoms with Crippen LogP contribution in [0.25, 0.3) is 0 Å². The molecule has 0 spiro atoms. The summed E-state index contributed by atoms with van der Waals surface area (Å²) in [5, 5.41) is 7.18. The molecule has 1 fully saturated rings. The molecule has 0 saturated carbocycles. The van der Waals surface area contributed by atoms with Gasteiger partial charge in [-0.1, -0.05) is 28.9 Å². The number of carbonyl (C=O) groups is 2. The second-order valence-electron chi connectivity index (χ2n) is 6.65. The summed E-state index contributed by atoms with van der Waals surface area (Å²) >= 11 is 7.48. The summed E-state index contributed by atoms with van der Waals surface area (Å²) in [6.45, 7) is 4.68. The largest absolute Gasteiger partial charge is 0.360 e. The quantitative estimate of drug-likeness (QED) is 0.739. The molecule has 1 aliphatic rings. The van der Waals surface area contributed by atoms with Crippen molar-refractivity contribution in [2.75, 3.05) is 43.8 Å². The smallest absolute Gasteiger partial charge is 0.239 e. The van der Waals surface area contributed by atoms with Gasteiger partial charge in [0.2, 0.25) is 11.8 Å². The minimum Gasteiger partial charge on any atom is -0.360 e. The molecule has 1 aliphatic heterocycles. The molecule has 1 N–H and O–H groups in total. The maximum absolute atomic E-state index is 12.4. The Hall–Kier alpha value is -2.03. The lowest BCUT2D eigenvalue weighted by Gasteiger charge is -2.34. The van der Waals surface area contributed by atoms with E-state index in [-0.39, 0.29) is 18.4 Å². The molecule has 3 rings (SSSR count). The number of piperazine rings is 1. The summed E-state index contributed by atoms with van der Waals surface area (Å²) in [6, 6.07) is 9.35. The lowest BCUT2D eigenvalue weighted by atomic mass is 10.2. The van der Waals surface area contributed by atoms with Crippen LogP contribution in [0.15, 0.2) is 34.9 Å². The fourth-order valence-electron chi connectivity index (χ4n) is 2.89. The monoisotopic (exact) mass is 422 g/mol. The van der Waals surface area contributed by atoms with Gasteiger partial charge in [0.1, 0.15) is 5.76 Å². The van der Waals surface area contributed by atoms with Crippen LogP contribution in [-0.2, 0) is 15.3 Å². The van der Waals surface area contributed by atoms with E-state index in [1.807, 2.05) is 34.1 Å². The van der Waals surface area contributed by atoms with E-state index in [4.69, 9.17) is 16.1 Å². The first-order valence-corrected chi connectivity index (χ1v) is 10.6. The summed E-state index contributed by atoms with van der Waals surface area (Å²) < 4.78 is 4.93. The number of carbonyl (C=O) groups excluding carboxylic acids is 2. The number of halogens is 1. The summed E-state index contributed by atoms with van der Waals surface area (Å²) in [7, 11) is 0. The summed E-state index contributed by atoms with van der Waals surface area (Å²) in [5.74, 6) is 2.32. The number of thioether (sulfide) groups is 1. The molecule has 2 aromatic rings. The van der Waals surface area contributed by atoms with Crippen LogP contribution in [0, 0.1) is 6.92 Å². The Bertz CT molecular complexity index is 804. The average molecular weight is 423 g/mol. The average Bonchev–Trinajstić information content (AvgIpc) is 3.08. The standard InChI is InChI=1S/C19H23ClN4O3S/c1-14-10-17(22-27-14)21-18(25)11-23-6-8-24(9-7-23)19(26)13-28-12-15-2-4-16(20)5-3-15/h2-5,10H,6-9,11-13H2,1H3,(H,21,22,25). The Labute approximate surface area is 173 Å². The van der Waals surface area contributed by atoms with E-state index in [1.54, 1.807) is 24.8 Å². The molecular weight excluding hydrogens is 400 g/mol. The van der Waals surface area contributed by atoms with E-state index in [0.717, 1.165) is 11.3 Å². The summed E-state index contributed by atoms with van der Waals surface area (Å²) in [4.78, 5) is 28.4. The van der Waals surface area contributed by atoms with Crippen LogP contribution in [0.2, 0.25) is 5.02 Å². The van der Waals surface area contributed by atoms with E-state index >= 15 is 0 Å². The zero-order chi connectivity index (χ0) is 19.9. The van der Waals surface area contributed by atoms with Crippen molar-refractivity contribution in [2.45, 2.75) is 12.7 Å². The van der Waals surface area contributed by atoms with Crippen molar-refractivity contribution in [3.63, 3.8) is 0 Å². The molecule has 1 aromatic carbocycles. The van der Waals surface area contributed by atoms with E-state index in [1.165, 1.54) is 0 Å². The fourth-order valence-corrected chi connectivity index (χ4v) is 3.91. The van der Waals surface area contributed by atoms with Crippen LogP contribution in [0.5, 0.6) is 0 Å². The van der Waals surface area contributed by atoms with Crippen LogP contribution >= 0.6 is 23.4 Å². The normalized spacial score (nSPS) is 14.9. The SMILES string of the molecule is Cc1cc(NC(=O)CN2CCN(C(=O)CSCc3ccc(Cl)cc3)CC2)no1. The highest BCUT2D eigenvalue weighted by Gasteiger charge is 2.22. The number of amides is 2. The van der Waals surface area contributed by atoms with Crippen LogP contribution < -0.4 is 5.32 Å². The molecule has 2 amide bonds. The van der Waals surface area contributed by atoms with Gasteiger partial charge in [-0.3, -0.25) is 14.5 Å². The predicted molar refractivity (Wildman–Crippen MR) is 111 cm³/mol. The molecular formula is C19H23ClN4O3S. The molecule has 1 saturated heterocycles. The summed E-state index contributed by atoms with van der Waals surface area (Å²) in [6.07, 6.45) is 0. The van der Waals surface area contributed by atoms with Crippen LogP contribution in [0.4, 0.5) is 5.82 Å². The molecule has 0 aliphatic carbocycles. The van der Waals surface area contributed by atoms with Crippen LogP contribution in [0.3, 0.4) is 0 Å². The zero-order valence-corrected chi connectivity index (χ0v) is 17.3. The van der Waals surface area contributed by atoms with Gasteiger partial charge >= 0.3 is 0 Å². The van der Waals surface area contributed by atoms with Gasteiger partial charge in [-0.15, -0.1) is 11.8 Å². The molecule has 1 aromatic heterocycles. The second kappa shape index (κ2) is 9.95. The molecule has 7 nitrogen and oxygen atoms in total. The molecule has 2 heterocycles. The van der Waals surface area contributed by atoms with Crippen molar-refractivity contribution in [1.29, 1.82) is 0 Å². The third-order valence-corrected chi connectivity index (χ3v) is 5.64. The third kappa shape index (κ3) is 6.25. The minimum atomic E-state index is -0.133. The number of nitrogens with zero attached hydrogens (tertiary/aromatic N) is 3. The highest BCUT2D eigenvalue weighted by molar-refractivity contribution is 7.99. The lowest BCUT2D eigenvalue weighted by molar-refractivity contribution is -0.130. The number of hydrogen-bond donors (Lipinski definition) is 1. The van der Waals surface area contributed by atoms with Gasteiger partial charge in [0.25, 0.3) is 0 Å². The van der Waals surface area contributed by atoms with E-state index < -0.39 is 0 Å². The van der Waals surface area contributed by atoms with Crippen molar-refractivity contribution >= 4 is 41.0 Å². The van der Waals surface area contributed by atoms with Gasteiger partial charge < -0.3 is 14.7 Å². The molecule has 0 bridgehead atoms. The second-order valence-corrected chi connectivity index (χ2v) is 8.07. The number of anilines is 1. The Kier molecular flexibility index (Phi) is 7.36. The Morgan fingerprint density at radius 1 is 1.21 bits per heavy atom. The highest BCUT2D eigenvalue weighted by atomic mass is 35.5. The Morgan fingerprint density at radius 3 is 2.57 bits per heavy atom. The first-order chi connectivity index (χ1) is 13.5. The van der Waals surface area contributed by atoms with Crippen molar-refractivity contribution in [2.24, 2.45) is 0 Å². The Morgan fingerprint density at radius 2 is 1.93 bits per heavy atom. The zero-order valence-electron chi connectivity index (χ0n) is 15.7. The molecule has 9 heteroatoms. The fraction of sp³-hybridized carbons (Fsp3) is 0.421. The van der Waals surface area contributed by atoms with Crippen LogP contribution in [0.1, 0.15) is 11.3 Å². The van der Waals surface area contributed by atoms with Gasteiger partial charge in [-0.2, -0.15) is 0 Å². The molecule has 0 unspecified atom stereocenters. The maximum Gasteiger partial charge on any atom is 0.239 e. The van der Waals surface area contributed by atoms with Crippen molar-refractivity contribution in [3.8, 4) is 0 Å². The number of nitrogens with one attached hydrogen (secondary N) is 1. The number of hydrogen-bond acceptors (Lipinski definition) is 6. The number of benzene rings is 1. The minimum absolute atomic E-state index is 0.133. The van der Waals surface area contributed by atoms with Gasteiger partial charge in [0.15, 0.2) is 5.82 Å². The number of aryl methyl sites for hydroxylation is 1. The van der Waals surface area contributed by atoms with Gasteiger partial charge in [-0.25, -0.2) is 0 Å². The maximum atomic E-state index is 12.4. The molecule has 0 atom stereocenters. The molecule has 28 heavy (non-hydrogen) atoms. The lowest BCUT2D eigenvalue weighted by Crippen LogP contribution is -2.50. The van der Waals surface area contributed by atoms with E-state index in [9.17, 15) is 9.59 Å². The summed E-state index contributed by atoms with van der Waals surface area (Å²) in [5.41, 5.74) is 1.15. The van der Waals surface area contributed by atoms with Gasteiger partial charge in [-0.05, 0) is 24.6 Å². The van der Waals surface area contributed by atoms with E-state index in [2.05, 4.69) is 10.5 Å². The number of aromatic nitrogens is 1. The van der Waals surface area contributed by atoms with E-state index in [0.29, 0.717) is 48.5 Å². The molecule has 0 radical (unpaired) electrons. The van der Waals surface area contributed by atoms with Crippen molar-refractivity contribution in [3.05, 3.63) is 46.7 Å². The number of rotatable bonds is 7. The van der Waals surface area contributed by atoms with Gasteiger partial charge in [0, 0.05) is 43.0 Å². The topological polar surface area (TPSA) is 78.7 Å². The van der Waals surface area contributed by atoms with Crippen LogP contribution in [-0.4, -0.2) is 65.2 Å².